The SMILES string of the molecule is Clc1ccccc1CNc1nccc(N2CCCC2)n1. The Hall–Kier alpha value is -1.81. The molecular formula is C15H17ClN4. The van der Waals surface area contributed by atoms with Gasteiger partial charge in [0.25, 0.3) is 0 Å². The van der Waals surface area contributed by atoms with Crippen molar-refractivity contribution in [2.75, 3.05) is 23.3 Å². The smallest absolute Gasteiger partial charge is 0.224 e. The topological polar surface area (TPSA) is 41.1 Å². The van der Waals surface area contributed by atoms with Crippen LogP contribution in [0.3, 0.4) is 0 Å². The summed E-state index contributed by atoms with van der Waals surface area (Å²) in [5, 5.41) is 3.99. The zero-order valence-electron chi connectivity index (χ0n) is 11.2. The largest absolute Gasteiger partial charge is 0.356 e. The highest BCUT2D eigenvalue weighted by Gasteiger charge is 2.13. The maximum atomic E-state index is 6.14. The number of nitrogens with zero attached hydrogens (tertiary/aromatic N) is 3. The average Bonchev–Trinajstić information content (AvgIpc) is 3.01. The van der Waals surface area contributed by atoms with Crippen molar-refractivity contribution < 1.29 is 0 Å². The third-order valence-corrected chi connectivity index (χ3v) is 3.83. The maximum Gasteiger partial charge on any atom is 0.224 e. The van der Waals surface area contributed by atoms with E-state index in [1.165, 1.54) is 12.8 Å². The standard InChI is InChI=1S/C15H17ClN4/c16-13-6-2-1-5-12(13)11-18-15-17-8-7-14(19-15)20-9-3-4-10-20/h1-2,5-8H,3-4,9-11H2,(H,17,18,19). The van der Waals surface area contributed by atoms with E-state index < -0.39 is 0 Å². The van der Waals surface area contributed by atoms with Crippen LogP contribution in [0.25, 0.3) is 0 Å². The van der Waals surface area contributed by atoms with Gasteiger partial charge in [0, 0.05) is 30.9 Å². The molecule has 104 valence electrons. The Bertz CT molecular complexity index is 582. The van der Waals surface area contributed by atoms with Crippen molar-refractivity contribution in [3.63, 3.8) is 0 Å². The maximum absolute atomic E-state index is 6.14. The molecule has 0 bridgehead atoms. The fourth-order valence-corrected chi connectivity index (χ4v) is 2.58. The highest BCUT2D eigenvalue weighted by Crippen LogP contribution is 2.19. The van der Waals surface area contributed by atoms with Gasteiger partial charge in [-0.2, -0.15) is 4.98 Å². The first-order valence-electron chi connectivity index (χ1n) is 6.88. The van der Waals surface area contributed by atoms with Crippen molar-refractivity contribution >= 4 is 23.4 Å². The van der Waals surface area contributed by atoms with Crippen molar-refractivity contribution in [2.24, 2.45) is 0 Å². The number of hydrogen-bond donors (Lipinski definition) is 1. The molecule has 3 rings (SSSR count). The predicted molar refractivity (Wildman–Crippen MR) is 82.3 cm³/mol. The van der Waals surface area contributed by atoms with E-state index in [1.54, 1.807) is 6.20 Å². The molecule has 0 radical (unpaired) electrons. The first-order chi connectivity index (χ1) is 9.83. The van der Waals surface area contributed by atoms with Gasteiger partial charge in [0.15, 0.2) is 0 Å². The molecule has 0 atom stereocenters. The van der Waals surface area contributed by atoms with Crippen molar-refractivity contribution in [3.05, 3.63) is 47.1 Å². The van der Waals surface area contributed by atoms with Crippen LogP contribution in [0.15, 0.2) is 36.5 Å². The molecule has 1 aliphatic rings. The molecule has 2 heterocycles. The Kier molecular flexibility index (Phi) is 4.02. The molecular weight excluding hydrogens is 272 g/mol. The molecule has 1 saturated heterocycles. The van der Waals surface area contributed by atoms with E-state index in [1.807, 2.05) is 30.3 Å². The number of hydrogen-bond acceptors (Lipinski definition) is 4. The van der Waals surface area contributed by atoms with Crippen LogP contribution >= 0.6 is 11.6 Å². The van der Waals surface area contributed by atoms with Gasteiger partial charge in [-0.15, -0.1) is 0 Å². The summed E-state index contributed by atoms with van der Waals surface area (Å²) in [5.74, 6) is 1.65. The van der Waals surface area contributed by atoms with Gasteiger partial charge in [0.2, 0.25) is 5.95 Å². The minimum absolute atomic E-state index is 0.628. The molecule has 1 fully saturated rings. The summed E-state index contributed by atoms with van der Waals surface area (Å²) in [6, 6.07) is 9.76. The van der Waals surface area contributed by atoms with Gasteiger partial charge in [-0.25, -0.2) is 4.98 Å². The molecule has 0 spiro atoms. The number of benzene rings is 1. The molecule has 1 aliphatic heterocycles. The molecule has 0 saturated carbocycles. The number of rotatable bonds is 4. The quantitative estimate of drug-likeness (QED) is 0.937. The Morgan fingerprint density at radius 3 is 2.75 bits per heavy atom. The van der Waals surface area contributed by atoms with E-state index in [4.69, 9.17) is 11.6 Å². The van der Waals surface area contributed by atoms with Gasteiger partial charge in [0.05, 0.1) is 0 Å². The van der Waals surface area contributed by atoms with Crippen molar-refractivity contribution in [3.8, 4) is 0 Å². The van der Waals surface area contributed by atoms with E-state index in [2.05, 4.69) is 20.2 Å². The minimum atomic E-state index is 0.628. The lowest BCUT2D eigenvalue weighted by atomic mass is 10.2. The molecule has 20 heavy (non-hydrogen) atoms. The third-order valence-electron chi connectivity index (χ3n) is 3.47. The normalized spacial score (nSPS) is 14.6. The van der Waals surface area contributed by atoms with E-state index in [0.29, 0.717) is 12.5 Å². The van der Waals surface area contributed by atoms with Crippen LogP contribution in [0.4, 0.5) is 11.8 Å². The summed E-state index contributed by atoms with van der Waals surface area (Å²) >= 11 is 6.14. The van der Waals surface area contributed by atoms with Gasteiger partial charge < -0.3 is 10.2 Å². The number of anilines is 2. The van der Waals surface area contributed by atoms with Gasteiger partial charge >= 0.3 is 0 Å². The molecule has 1 N–H and O–H groups in total. The molecule has 0 unspecified atom stereocenters. The van der Waals surface area contributed by atoms with E-state index in [0.717, 1.165) is 29.5 Å². The van der Waals surface area contributed by atoms with Crippen LogP contribution in [-0.4, -0.2) is 23.1 Å². The Labute approximate surface area is 123 Å². The van der Waals surface area contributed by atoms with Crippen LogP contribution in [-0.2, 0) is 6.54 Å². The lowest BCUT2D eigenvalue weighted by Crippen LogP contribution is -2.19. The van der Waals surface area contributed by atoms with Gasteiger partial charge in [-0.1, -0.05) is 29.8 Å². The Morgan fingerprint density at radius 2 is 1.95 bits per heavy atom. The Morgan fingerprint density at radius 1 is 1.15 bits per heavy atom. The van der Waals surface area contributed by atoms with Crippen LogP contribution in [0.1, 0.15) is 18.4 Å². The van der Waals surface area contributed by atoms with Crippen LogP contribution < -0.4 is 10.2 Å². The molecule has 0 aliphatic carbocycles. The fourth-order valence-electron chi connectivity index (χ4n) is 2.37. The highest BCUT2D eigenvalue weighted by atomic mass is 35.5. The molecule has 1 aromatic carbocycles. The fraction of sp³-hybridized carbons (Fsp3) is 0.333. The van der Waals surface area contributed by atoms with E-state index >= 15 is 0 Å². The number of halogens is 1. The van der Waals surface area contributed by atoms with Crippen LogP contribution in [0, 0.1) is 0 Å². The summed E-state index contributed by atoms with van der Waals surface area (Å²) in [6.45, 7) is 2.80. The summed E-state index contributed by atoms with van der Waals surface area (Å²) in [7, 11) is 0. The van der Waals surface area contributed by atoms with Gasteiger partial charge in [-0.05, 0) is 30.5 Å². The third kappa shape index (κ3) is 3.02. The monoisotopic (exact) mass is 288 g/mol. The molecule has 0 amide bonds. The van der Waals surface area contributed by atoms with E-state index in [-0.39, 0.29) is 0 Å². The molecule has 5 heteroatoms. The zero-order valence-corrected chi connectivity index (χ0v) is 12.0. The van der Waals surface area contributed by atoms with Crippen molar-refractivity contribution in [1.29, 1.82) is 0 Å². The second-order valence-corrected chi connectivity index (χ2v) is 5.28. The lowest BCUT2D eigenvalue weighted by molar-refractivity contribution is 0.923. The zero-order chi connectivity index (χ0) is 13.8. The predicted octanol–water partition coefficient (Wildman–Crippen LogP) is 3.34. The van der Waals surface area contributed by atoms with Gasteiger partial charge in [-0.3, -0.25) is 0 Å². The highest BCUT2D eigenvalue weighted by molar-refractivity contribution is 6.31. The second-order valence-electron chi connectivity index (χ2n) is 4.88. The van der Waals surface area contributed by atoms with Crippen LogP contribution in [0.2, 0.25) is 5.02 Å². The molecule has 1 aromatic heterocycles. The average molecular weight is 289 g/mol. The molecule has 2 aromatic rings. The van der Waals surface area contributed by atoms with Crippen LogP contribution in [0.5, 0.6) is 0 Å². The first kappa shape index (κ1) is 13.2. The van der Waals surface area contributed by atoms with Crippen molar-refractivity contribution in [2.45, 2.75) is 19.4 Å². The Balaban J connectivity index is 1.68. The van der Waals surface area contributed by atoms with Gasteiger partial charge in [0.1, 0.15) is 5.82 Å². The summed E-state index contributed by atoms with van der Waals surface area (Å²) in [6.07, 6.45) is 4.29. The lowest BCUT2D eigenvalue weighted by Gasteiger charge is -2.16. The summed E-state index contributed by atoms with van der Waals surface area (Å²) in [4.78, 5) is 11.1. The number of aromatic nitrogens is 2. The second kappa shape index (κ2) is 6.09. The van der Waals surface area contributed by atoms with Crippen molar-refractivity contribution in [1.82, 2.24) is 9.97 Å². The summed E-state index contributed by atoms with van der Waals surface area (Å²) in [5.41, 5.74) is 1.05. The summed E-state index contributed by atoms with van der Waals surface area (Å²) < 4.78 is 0. The van der Waals surface area contributed by atoms with E-state index in [9.17, 15) is 0 Å². The minimum Gasteiger partial charge on any atom is -0.356 e. The number of nitrogens with one attached hydrogen (secondary N) is 1. The first-order valence-corrected chi connectivity index (χ1v) is 7.26. The molecule has 4 nitrogen and oxygen atoms in total.